The van der Waals surface area contributed by atoms with Crippen molar-refractivity contribution in [2.24, 2.45) is 0 Å². The summed E-state index contributed by atoms with van der Waals surface area (Å²) in [4.78, 5) is 25.6. The summed E-state index contributed by atoms with van der Waals surface area (Å²) in [7, 11) is 0. The normalized spacial score (nSPS) is 9.57. The molecule has 0 atom stereocenters. The van der Waals surface area contributed by atoms with Crippen LogP contribution in [0.4, 0.5) is 5.69 Å². The van der Waals surface area contributed by atoms with Crippen molar-refractivity contribution in [1.82, 2.24) is 4.98 Å². The second-order valence-corrected chi connectivity index (χ2v) is 3.13. The van der Waals surface area contributed by atoms with Crippen molar-refractivity contribution in [2.45, 2.75) is 13.3 Å². The van der Waals surface area contributed by atoms with E-state index in [0.29, 0.717) is 5.69 Å². The number of carbonyl (C=O) groups is 2. The molecule has 0 spiro atoms. The summed E-state index contributed by atoms with van der Waals surface area (Å²) in [6.45, 7) is 1.35. The van der Waals surface area contributed by atoms with Crippen LogP contribution in [0.5, 0.6) is 0 Å². The van der Waals surface area contributed by atoms with Crippen LogP contribution in [-0.4, -0.2) is 16.7 Å². The number of anilines is 1. The van der Waals surface area contributed by atoms with E-state index < -0.39 is 0 Å². The highest BCUT2D eigenvalue weighted by Gasteiger charge is 2.07. The average molecular weight is 213 g/mol. The lowest BCUT2D eigenvalue weighted by molar-refractivity contribution is -0.124. The van der Waals surface area contributed by atoms with E-state index >= 15 is 0 Å². The third-order valence-corrected chi connectivity index (χ3v) is 1.74. The van der Waals surface area contributed by atoms with Crippen molar-refractivity contribution >= 4 is 29.0 Å². The van der Waals surface area contributed by atoms with Gasteiger partial charge in [-0.25, -0.2) is 4.98 Å². The summed E-state index contributed by atoms with van der Waals surface area (Å²) < 4.78 is 0. The zero-order valence-corrected chi connectivity index (χ0v) is 8.34. The Morgan fingerprint density at radius 3 is 2.86 bits per heavy atom. The van der Waals surface area contributed by atoms with Crippen LogP contribution in [0.15, 0.2) is 18.3 Å². The molecule has 1 aromatic heterocycles. The minimum absolute atomic E-state index is 0.148. The third kappa shape index (κ3) is 3.14. The first-order valence-corrected chi connectivity index (χ1v) is 4.37. The van der Waals surface area contributed by atoms with Gasteiger partial charge in [0.25, 0.3) is 0 Å². The van der Waals surface area contributed by atoms with Crippen LogP contribution in [-0.2, 0) is 9.59 Å². The van der Waals surface area contributed by atoms with Gasteiger partial charge in [0.05, 0.1) is 12.1 Å². The van der Waals surface area contributed by atoms with Crippen molar-refractivity contribution in [3.8, 4) is 0 Å². The Kier molecular flexibility index (Phi) is 3.59. The van der Waals surface area contributed by atoms with Crippen LogP contribution in [0.25, 0.3) is 0 Å². The molecule has 0 aliphatic rings. The number of pyridine rings is 1. The average Bonchev–Trinajstić information content (AvgIpc) is 2.07. The van der Waals surface area contributed by atoms with E-state index in [1.165, 1.54) is 13.1 Å². The molecule has 0 saturated heterocycles. The molecule has 5 heteroatoms. The quantitative estimate of drug-likeness (QED) is 0.612. The van der Waals surface area contributed by atoms with Gasteiger partial charge in [-0.1, -0.05) is 11.6 Å². The van der Waals surface area contributed by atoms with Gasteiger partial charge in [-0.3, -0.25) is 9.59 Å². The Labute approximate surface area is 86.3 Å². The lowest BCUT2D eigenvalue weighted by atomic mass is 10.3. The standard InChI is InChI=1S/C9H9ClN2O2/c1-6(13)5-8(14)12-7-3-2-4-11-9(7)10/h2-4H,5H2,1H3,(H,12,14). The number of halogens is 1. The second kappa shape index (κ2) is 4.72. The topological polar surface area (TPSA) is 59.1 Å². The fraction of sp³-hybridized carbons (Fsp3) is 0.222. The number of hydrogen-bond acceptors (Lipinski definition) is 3. The van der Waals surface area contributed by atoms with Crippen molar-refractivity contribution in [1.29, 1.82) is 0 Å². The van der Waals surface area contributed by atoms with Gasteiger partial charge in [0.1, 0.15) is 5.78 Å². The van der Waals surface area contributed by atoms with Crippen LogP contribution in [0.1, 0.15) is 13.3 Å². The molecule has 0 unspecified atom stereocenters. The van der Waals surface area contributed by atoms with Gasteiger partial charge in [0.2, 0.25) is 5.91 Å². The van der Waals surface area contributed by atoms with Crippen molar-refractivity contribution in [3.63, 3.8) is 0 Å². The highest BCUT2D eigenvalue weighted by molar-refractivity contribution is 6.32. The Morgan fingerprint density at radius 2 is 2.29 bits per heavy atom. The number of aromatic nitrogens is 1. The summed E-state index contributed by atoms with van der Waals surface area (Å²) in [5.41, 5.74) is 0.417. The molecule has 0 aliphatic heterocycles. The molecule has 0 fully saturated rings. The summed E-state index contributed by atoms with van der Waals surface area (Å²) in [5.74, 6) is -0.574. The maximum atomic E-state index is 11.2. The molecule has 1 heterocycles. The molecule has 74 valence electrons. The molecule has 4 nitrogen and oxygen atoms in total. The summed E-state index contributed by atoms with van der Waals surface area (Å²) >= 11 is 5.69. The Bertz CT molecular complexity index is 366. The second-order valence-electron chi connectivity index (χ2n) is 2.77. The SMILES string of the molecule is CC(=O)CC(=O)Nc1cccnc1Cl. The number of carbonyl (C=O) groups excluding carboxylic acids is 2. The number of Topliss-reactive ketones (excluding diaryl/α,β-unsaturated/α-hetero) is 1. The molecule has 0 aliphatic carbocycles. The van der Waals surface area contributed by atoms with Crippen LogP contribution in [0.2, 0.25) is 5.15 Å². The zero-order chi connectivity index (χ0) is 10.6. The lowest BCUT2D eigenvalue weighted by Crippen LogP contribution is -2.15. The van der Waals surface area contributed by atoms with Gasteiger partial charge in [-0.15, -0.1) is 0 Å². The molecule has 0 saturated carbocycles. The monoisotopic (exact) mass is 212 g/mol. The predicted octanol–water partition coefficient (Wildman–Crippen LogP) is 1.65. The van der Waals surface area contributed by atoms with Gasteiger partial charge in [-0.2, -0.15) is 0 Å². The molecule has 14 heavy (non-hydrogen) atoms. The first-order chi connectivity index (χ1) is 6.59. The molecule has 1 aromatic rings. The third-order valence-electron chi connectivity index (χ3n) is 1.44. The predicted molar refractivity (Wildman–Crippen MR) is 53.2 cm³/mol. The molecule has 1 rings (SSSR count). The van der Waals surface area contributed by atoms with Gasteiger partial charge in [0, 0.05) is 6.20 Å². The molecule has 1 N–H and O–H groups in total. The summed E-state index contributed by atoms with van der Waals surface area (Å²) in [6, 6.07) is 3.27. The van der Waals surface area contributed by atoms with E-state index in [1.807, 2.05) is 0 Å². The van der Waals surface area contributed by atoms with E-state index in [1.54, 1.807) is 12.1 Å². The number of hydrogen-bond donors (Lipinski definition) is 1. The number of nitrogens with one attached hydrogen (secondary N) is 1. The van der Waals surface area contributed by atoms with E-state index in [4.69, 9.17) is 11.6 Å². The fourth-order valence-electron chi connectivity index (χ4n) is 0.900. The van der Waals surface area contributed by atoms with Crippen molar-refractivity contribution in [2.75, 3.05) is 5.32 Å². The molecule has 1 amide bonds. The van der Waals surface area contributed by atoms with Gasteiger partial charge in [-0.05, 0) is 19.1 Å². The Morgan fingerprint density at radius 1 is 1.57 bits per heavy atom. The van der Waals surface area contributed by atoms with E-state index in [0.717, 1.165) is 0 Å². The minimum Gasteiger partial charge on any atom is -0.323 e. The lowest BCUT2D eigenvalue weighted by Gasteiger charge is -2.04. The fourth-order valence-corrected chi connectivity index (χ4v) is 1.07. The van der Waals surface area contributed by atoms with E-state index in [2.05, 4.69) is 10.3 Å². The highest BCUT2D eigenvalue weighted by Crippen LogP contribution is 2.17. The molecule has 0 radical (unpaired) electrons. The van der Waals surface area contributed by atoms with E-state index in [9.17, 15) is 9.59 Å². The number of rotatable bonds is 3. The van der Waals surface area contributed by atoms with Crippen LogP contribution in [0, 0.1) is 0 Å². The minimum atomic E-state index is -0.382. The first kappa shape index (κ1) is 10.7. The number of ketones is 1. The zero-order valence-electron chi connectivity index (χ0n) is 7.58. The van der Waals surface area contributed by atoms with Gasteiger partial charge >= 0.3 is 0 Å². The molecule has 0 aromatic carbocycles. The van der Waals surface area contributed by atoms with Crippen molar-refractivity contribution in [3.05, 3.63) is 23.5 Å². The highest BCUT2D eigenvalue weighted by atomic mass is 35.5. The molecular weight excluding hydrogens is 204 g/mol. The Hall–Kier alpha value is -1.42. The maximum absolute atomic E-state index is 11.2. The van der Waals surface area contributed by atoms with Crippen molar-refractivity contribution < 1.29 is 9.59 Å². The first-order valence-electron chi connectivity index (χ1n) is 3.99. The van der Waals surface area contributed by atoms with Crippen LogP contribution in [0.3, 0.4) is 0 Å². The van der Waals surface area contributed by atoms with Crippen LogP contribution >= 0.6 is 11.6 Å². The summed E-state index contributed by atoms with van der Waals surface area (Å²) in [5, 5.41) is 2.70. The van der Waals surface area contributed by atoms with Gasteiger partial charge < -0.3 is 5.32 Å². The van der Waals surface area contributed by atoms with E-state index in [-0.39, 0.29) is 23.3 Å². The summed E-state index contributed by atoms with van der Waals surface area (Å²) in [6.07, 6.45) is 1.37. The number of nitrogens with zero attached hydrogens (tertiary/aromatic N) is 1. The maximum Gasteiger partial charge on any atom is 0.231 e. The number of amides is 1. The van der Waals surface area contributed by atoms with Crippen LogP contribution < -0.4 is 5.32 Å². The molecular formula is C9H9ClN2O2. The smallest absolute Gasteiger partial charge is 0.231 e. The largest absolute Gasteiger partial charge is 0.323 e. The molecule has 0 bridgehead atoms. The Balaban J connectivity index is 2.65. The van der Waals surface area contributed by atoms with Gasteiger partial charge in [0.15, 0.2) is 5.15 Å².